The van der Waals surface area contributed by atoms with Crippen molar-refractivity contribution >= 4 is 15.9 Å². The third-order valence-electron chi connectivity index (χ3n) is 1.71. The van der Waals surface area contributed by atoms with Crippen LogP contribution in [0.3, 0.4) is 0 Å². The van der Waals surface area contributed by atoms with Crippen LogP contribution in [-0.2, 0) is 14.9 Å². The number of amides is 1. The Balaban J connectivity index is 2.95. The van der Waals surface area contributed by atoms with E-state index in [0.717, 1.165) is 0 Å². The highest BCUT2D eigenvalue weighted by molar-refractivity contribution is 7.89. The minimum Gasteiger partial charge on any atom is -0.438 e. The molecule has 0 saturated heterocycles. The summed E-state index contributed by atoms with van der Waals surface area (Å²) in [5, 5.41) is -0.321. The molecule has 1 aromatic heterocycles. The lowest BCUT2D eigenvalue weighted by molar-refractivity contribution is 0.0505. The van der Waals surface area contributed by atoms with Gasteiger partial charge in [0.05, 0.1) is 7.11 Å². The van der Waals surface area contributed by atoms with Gasteiger partial charge < -0.3 is 4.42 Å². The summed E-state index contributed by atoms with van der Waals surface area (Å²) < 4.78 is 31.1. The summed E-state index contributed by atoms with van der Waals surface area (Å²) in [5.74, 6) is -0.805. The Morgan fingerprint density at radius 2 is 1.94 bits per heavy atom. The van der Waals surface area contributed by atoms with E-state index in [1.165, 1.54) is 19.2 Å². The van der Waals surface area contributed by atoms with Crippen LogP contribution < -0.4 is 10.2 Å². The van der Waals surface area contributed by atoms with Crippen molar-refractivity contribution in [3.63, 3.8) is 0 Å². The number of hydroxylamine groups is 1. The maximum atomic E-state index is 11.9. The summed E-state index contributed by atoms with van der Waals surface area (Å²) >= 11 is 0. The van der Waals surface area contributed by atoms with Crippen LogP contribution in [0.5, 0.6) is 0 Å². The molecule has 8 heteroatoms. The molecule has 0 fully saturated rings. The number of nitrogens with one attached hydrogen (secondary N) is 2. The highest BCUT2D eigenvalue weighted by atomic mass is 32.2. The Morgan fingerprint density at radius 1 is 1.33 bits per heavy atom. The van der Waals surface area contributed by atoms with Gasteiger partial charge in [0.25, 0.3) is 10.0 Å². The van der Waals surface area contributed by atoms with Gasteiger partial charge >= 0.3 is 5.91 Å². The fourth-order valence-electron chi connectivity index (χ4n) is 1.18. The Bertz CT molecular complexity index is 527. The lowest BCUT2D eigenvalue weighted by atomic mass is 10.1. The maximum absolute atomic E-state index is 11.9. The molecule has 0 aliphatic heterocycles. The number of sulfonamides is 1. The second-order valence-electron chi connectivity index (χ2n) is 4.61. The lowest BCUT2D eigenvalue weighted by Gasteiger charge is -2.18. The maximum Gasteiger partial charge on any atom is 0.310 e. The number of carbonyl (C=O) groups excluding carboxylic acids is 1. The molecule has 7 nitrogen and oxygen atoms in total. The molecular weight excluding hydrogens is 260 g/mol. The molecule has 1 heterocycles. The van der Waals surface area contributed by atoms with Crippen molar-refractivity contribution in [3.8, 4) is 0 Å². The smallest absolute Gasteiger partial charge is 0.310 e. The summed E-state index contributed by atoms with van der Waals surface area (Å²) in [5.41, 5.74) is 1.39. The second kappa shape index (κ2) is 5.09. The van der Waals surface area contributed by atoms with E-state index in [4.69, 9.17) is 4.42 Å². The van der Waals surface area contributed by atoms with Crippen LogP contribution in [0.15, 0.2) is 21.6 Å². The van der Waals surface area contributed by atoms with Crippen molar-refractivity contribution < 1.29 is 22.5 Å². The molecule has 1 amide bonds. The molecule has 2 N–H and O–H groups in total. The highest BCUT2D eigenvalue weighted by Gasteiger charge is 2.26. The fraction of sp³-hybridized carbons (Fsp3) is 0.500. The molecule has 1 aromatic rings. The van der Waals surface area contributed by atoms with Gasteiger partial charge in [-0.1, -0.05) is 0 Å². The Hall–Kier alpha value is -1.38. The molecule has 0 atom stereocenters. The van der Waals surface area contributed by atoms with Crippen molar-refractivity contribution in [1.82, 2.24) is 10.2 Å². The molecule has 0 radical (unpaired) electrons. The minimum atomic E-state index is -3.78. The number of hydrogen-bond donors (Lipinski definition) is 2. The van der Waals surface area contributed by atoms with Gasteiger partial charge in [-0.3, -0.25) is 9.63 Å². The molecule has 0 aliphatic rings. The van der Waals surface area contributed by atoms with Crippen molar-refractivity contribution in [3.05, 3.63) is 17.9 Å². The van der Waals surface area contributed by atoms with E-state index in [-0.39, 0.29) is 10.9 Å². The molecule has 0 saturated carbocycles. The van der Waals surface area contributed by atoms with Gasteiger partial charge in [0, 0.05) is 5.54 Å². The summed E-state index contributed by atoms with van der Waals surface area (Å²) in [6.07, 6.45) is 0. The van der Waals surface area contributed by atoms with Gasteiger partial charge in [-0.15, -0.1) is 0 Å². The summed E-state index contributed by atoms with van der Waals surface area (Å²) in [4.78, 5) is 15.7. The van der Waals surface area contributed by atoms with E-state index in [1.807, 2.05) is 5.48 Å². The van der Waals surface area contributed by atoms with Crippen molar-refractivity contribution in [2.45, 2.75) is 31.4 Å². The van der Waals surface area contributed by atoms with Crippen molar-refractivity contribution in [1.29, 1.82) is 0 Å². The highest BCUT2D eigenvalue weighted by Crippen LogP contribution is 2.16. The van der Waals surface area contributed by atoms with E-state index in [1.54, 1.807) is 20.8 Å². The molecule has 18 heavy (non-hydrogen) atoms. The SMILES string of the molecule is CONC(=O)c1ccc(S(=O)(=O)NC(C)(C)C)o1. The quantitative estimate of drug-likeness (QED) is 0.787. The largest absolute Gasteiger partial charge is 0.438 e. The first-order valence-electron chi connectivity index (χ1n) is 5.13. The summed E-state index contributed by atoms with van der Waals surface area (Å²) in [7, 11) is -2.52. The van der Waals surface area contributed by atoms with Gasteiger partial charge in [-0.05, 0) is 32.9 Å². The molecule has 102 valence electrons. The third kappa shape index (κ3) is 3.83. The van der Waals surface area contributed by atoms with E-state index in [2.05, 4.69) is 9.56 Å². The first-order chi connectivity index (χ1) is 8.15. The first-order valence-corrected chi connectivity index (χ1v) is 6.61. The molecule has 1 rings (SSSR count). The van der Waals surface area contributed by atoms with Crippen molar-refractivity contribution in [2.75, 3.05) is 7.11 Å². The fourth-order valence-corrected chi connectivity index (χ4v) is 2.54. The molecule has 0 aromatic carbocycles. The molecular formula is C10H16N2O5S. The normalized spacial score (nSPS) is 12.4. The molecule has 0 unspecified atom stereocenters. The van der Waals surface area contributed by atoms with E-state index in [0.29, 0.717) is 0 Å². The third-order valence-corrected chi connectivity index (χ3v) is 3.34. The van der Waals surface area contributed by atoms with Crippen LogP contribution in [0.4, 0.5) is 0 Å². The minimum absolute atomic E-state index is 0.147. The zero-order valence-electron chi connectivity index (χ0n) is 10.6. The topological polar surface area (TPSA) is 97.6 Å². The van der Waals surface area contributed by atoms with Crippen LogP contribution in [0.2, 0.25) is 0 Å². The predicted molar refractivity (Wildman–Crippen MR) is 63.3 cm³/mol. The molecule has 0 aliphatic carbocycles. The first kappa shape index (κ1) is 14.7. The van der Waals surface area contributed by atoms with Gasteiger partial charge in [-0.2, -0.15) is 0 Å². The van der Waals surface area contributed by atoms with Crippen LogP contribution in [0, 0.1) is 0 Å². The summed E-state index contributed by atoms with van der Waals surface area (Å²) in [6, 6.07) is 2.46. The lowest BCUT2D eigenvalue weighted by Crippen LogP contribution is -2.40. The number of carbonyl (C=O) groups is 1. The van der Waals surface area contributed by atoms with E-state index >= 15 is 0 Å². The second-order valence-corrected chi connectivity index (χ2v) is 6.22. The van der Waals surface area contributed by atoms with Crippen LogP contribution in [0.1, 0.15) is 31.3 Å². The van der Waals surface area contributed by atoms with Crippen molar-refractivity contribution in [2.24, 2.45) is 0 Å². The predicted octanol–water partition coefficient (Wildman–Crippen LogP) is 0.648. The standard InChI is InChI=1S/C10H16N2O5S/c1-10(2,3)12-18(14,15)8-6-5-7(17-8)9(13)11-16-4/h5-6,12H,1-4H3,(H,11,13). The number of furan rings is 1. The zero-order chi connectivity index (χ0) is 14.0. The number of hydrogen-bond acceptors (Lipinski definition) is 5. The Morgan fingerprint density at radius 3 is 2.44 bits per heavy atom. The molecule has 0 bridgehead atoms. The average molecular weight is 276 g/mol. The van der Waals surface area contributed by atoms with Gasteiger partial charge in [-0.25, -0.2) is 18.6 Å². The average Bonchev–Trinajstić information content (AvgIpc) is 2.63. The van der Waals surface area contributed by atoms with Crippen LogP contribution in [0.25, 0.3) is 0 Å². The molecule has 0 spiro atoms. The van der Waals surface area contributed by atoms with Gasteiger partial charge in [0.15, 0.2) is 5.76 Å². The monoisotopic (exact) mass is 276 g/mol. The van der Waals surface area contributed by atoms with Gasteiger partial charge in [0.2, 0.25) is 5.09 Å². The van der Waals surface area contributed by atoms with Crippen LogP contribution in [-0.4, -0.2) is 27.0 Å². The zero-order valence-corrected chi connectivity index (χ0v) is 11.4. The Kier molecular flexibility index (Phi) is 4.15. The van der Waals surface area contributed by atoms with Gasteiger partial charge in [0.1, 0.15) is 0 Å². The van der Waals surface area contributed by atoms with Crippen LogP contribution >= 0.6 is 0 Å². The Labute approximate surface area is 106 Å². The number of rotatable bonds is 4. The summed E-state index contributed by atoms with van der Waals surface area (Å²) in [6.45, 7) is 5.10. The van der Waals surface area contributed by atoms with E-state index in [9.17, 15) is 13.2 Å². The van der Waals surface area contributed by atoms with E-state index < -0.39 is 21.5 Å².